The van der Waals surface area contributed by atoms with Crippen molar-refractivity contribution >= 4 is 24.2 Å². The average molecular weight is 295 g/mol. The minimum Gasteiger partial charge on any atom is -0.423 e. The van der Waals surface area contributed by atoms with E-state index in [0.29, 0.717) is 17.2 Å². The molecule has 2 N–H and O–H groups in total. The third-order valence-electron chi connectivity index (χ3n) is 2.73. The Kier molecular flexibility index (Phi) is 5.14. The molecule has 0 atom stereocenters. The highest BCUT2D eigenvalue weighted by atomic mass is 35.5. The van der Waals surface area contributed by atoms with Gasteiger partial charge in [0, 0.05) is 5.02 Å². The van der Waals surface area contributed by atoms with Gasteiger partial charge in [0.15, 0.2) is 0 Å². The van der Waals surface area contributed by atoms with Crippen LogP contribution in [0.4, 0.5) is 4.39 Å². The molecular weight excluding hydrogens is 281 g/mol. The van der Waals surface area contributed by atoms with Crippen LogP contribution in [0.2, 0.25) is 5.02 Å². The van der Waals surface area contributed by atoms with Crippen molar-refractivity contribution in [2.75, 3.05) is 0 Å². The zero-order valence-corrected chi connectivity index (χ0v) is 11.3. The fraction of sp³-hybridized carbons (Fsp3) is 0.143. The van der Waals surface area contributed by atoms with Crippen molar-refractivity contribution in [3.8, 4) is 0 Å². The molecule has 0 radical (unpaired) electrons. The molecule has 0 aliphatic heterocycles. The molecule has 20 heavy (non-hydrogen) atoms. The summed E-state index contributed by atoms with van der Waals surface area (Å²) in [4.78, 5) is 0. The molecular formula is C14H13BClFO3. The van der Waals surface area contributed by atoms with Crippen LogP contribution in [0.3, 0.4) is 0 Å². The van der Waals surface area contributed by atoms with Crippen LogP contribution in [0.25, 0.3) is 0 Å². The molecule has 0 aromatic heterocycles. The monoisotopic (exact) mass is 294 g/mol. The molecule has 0 spiro atoms. The van der Waals surface area contributed by atoms with Crippen LogP contribution in [0, 0.1) is 5.82 Å². The molecule has 0 amide bonds. The molecule has 0 fully saturated rings. The van der Waals surface area contributed by atoms with Gasteiger partial charge in [-0.25, -0.2) is 4.39 Å². The Bertz CT molecular complexity index is 575. The first-order valence-corrected chi connectivity index (χ1v) is 6.40. The molecule has 0 bridgehead atoms. The molecule has 0 unspecified atom stereocenters. The molecule has 0 saturated heterocycles. The molecule has 2 aromatic carbocycles. The summed E-state index contributed by atoms with van der Waals surface area (Å²) in [5, 5.41) is 18.7. The highest BCUT2D eigenvalue weighted by Crippen LogP contribution is 2.11. The minimum absolute atomic E-state index is 0.107. The maximum Gasteiger partial charge on any atom is 0.488 e. The van der Waals surface area contributed by atoms with Crippen molar-refractivity contribution in [1.29, 1.82) is 0 Å². The Balaban J connectivity index is 1.95. The zero-order valence-electron chi connectivity index (χ0n) is 10.6. The van der Waals surface area contributed by atoms with Crippen LogP contribution in [-0.4, -0.2) is 17.2 Å². The van der Waals surface area contributed by atoms with Gasteiger partial charge in [-0.15, -0.1) is 0 Å². The highest BCUT2D eigenvalue weighted by Gasteiger charge is 2.13. The van der Waals surface area contributed by atoms with Gasteiger partial charge in [-0.3, -0.25) is 0 Å². The number of hydrogen-bond donors (Lipinski definition) is 2. The average Bonchev–Trinajstić information content (AvgIpc) is 2.40. The van der Waals surface area contributed by atoms with E-state index in [4.69, 9.17) is 26.4 Å². The topological polar surface area (TPSA) is 49.7 Å². The second-order valence-electron chi connectivity index (χ2n) is 4.39. The lowest BCUT2D eigenvalue weighted by molar-refractivity contribution is 0.107. The summed E-state index contributed by atoms with van der Waals surface area (Å²) >= 11 is 5.78. The normalized spacial score (nSPS) is 10.6. The second kappa shape index (κ2) is 6.86. The van der Waals surface area contributed by atoms with Gasteiger partial charge < -0.3 is 14.8 Å². The fourth-order valence-corrected chi connectivity index (χ4v) is 1.90. The minimum atomic E-state index is -1.69. The fourth-order valence-electron chi connectivity index (χ4n) is 1.78. The van der Waals surface area contributed by atoms with E-state index in [1.165, 1.54) is 12.1 Å². The van der Waals surface area contributed by atoms with Crippen molar-refractivity contribution in [3.63, 3.8) is 0 Å². The summed E-state index contributed by atoms with van der Waals surface area (Å²) in [6.45, 7) is 0.546. The summed E-state index contributed by atoms with van der Waals surface area (Å²) < 4.78 is 18.8. The van der Waals surface area contributed by atoms with Gasteiger partial charge in [0.2, 0.25) is 0 Å². The van der Waals surface area contributed by atoms with Gasteiger partial charge in [0.25, 0.3) is 0 Å². The van der Waals surface area contributed by atoms with Crippen LogP contribution in [-0.2, 0) is 18.0 Å². The Hall–Kier alpha value is -1.40. The molecule has 2 aromatic rings. The van der Waals surface area contributed by atoms with E-state index in [9.17, 15) is 4.39 Å². The van der Waals surface area contributed by atoms with Crippen LogP contribution >= 0.6 is 11.6 Å². The van der Waals surface area contributed by atoms with E-state index in [0.717, 1.165) is 11.6 Å². The zero-order chi connectivity index (χ0) is 14.5. The first kappa shape index (κ1) is 15.0. The number of ether oxygens (including phenoxy) is 1. The van der Waals surface area contributed by atoms with Gasteiger partial charge >= 0.3 is 7.12 Å². The van der Waals surface area contributed by atoms with E-state index in [1.807, 2.05) is 12.1 Å². The maximum absolute atomic E-state index is 13.3. The molecule has 104 valence electrons. The Labute approximate surface area is 121 Å². The summed E-state index contributed by atoms with van der Waals surface area (Å²) in [6, 6.07) is 11.1. The van der Waals surface area contributed by atoms with Crippen LogP contribution < -0.4 is 5.46 Å². The lowest BCUT2D eigenvalue weighted by atomic mass is 9.79. The lowest BCUT2D eigenvalue weighted by Crippen LogP contribution is -2.30. The van der Waals surface area contributed by atoms with Gasteiger partial charge in [0.1, 0.15) is 5.82 Å². The van der Waals surface area contributed by atoms with Gasteiger partial charge in [-0.05, 0) is 40.9 Å². The third-order valence-corrected chi connectivity index (χ3v) is 2.98. The number of rotatable bonds is 5. The predicted octanol–water partition coefficient (Wildman–Crippen LogP) is 1.88. The number of benzene rings is 2. The predicted molar refractivity (Wildman–Crippen MR) is 76.2 cm³/mol. The number of hydrogen-bond acceptors (Lipinski definition) is 3. The van der Waals surface area contributed by atoms with Gasteiger partial charge in [-0.2, -0.15) is 0 Å². The second-order valence-corrected chi connectivity index (χ2v) is 4.82. The van der Waals surface area contributed by atoms with E-state index in [1.54, 1.807) is 12.1 Å². The quantitative estimate of drug-likeness (QED) is 0.828. The maximum atomic E-state index is 13.3. The Morgan fingerprint density at radius 1 is 1.00 bits per heavy atom. The van der Waals surface area contributed by atoms with E-state index in [-0.39, 0.29) is 12.1 Å². The molecule has 3 nitrogen and oxygen atoms in total. The largest absolute Gasteiger partial charge is 0.488 e. The molecule has 2 rings (SSSR count). The summed E-state index contributed by atoms with van der Waals surface area (Å²) in [5.74, 6) is -0.527. The van der Waals surface area contributed by atoms with Crippen LogP contribution in [0.1, 0.15) is 11.1 Å². The molecule has 6 heteroatoms. The Morgan fingerprint density at radius 2 is 1.65 bits per heavy atom. The SMILES string of the molecule is OB(O)c1cc(F)cc(COCc2ccc(Cl)cc2)c1. The smallest absolute Gasteiger partial charge is 0.423 e. The summed E-state index contributed by atoms with van der Waals surface area (Å²) in [6.07, 6.45) is 0. The first-order valence-electron chi connectivity index (χ1n) is 6.02. The Morgan fingerprint density at radius 3 is 2.30 bits per heavy atom. The van der Waals surface area contributed by atoms with E-state index >= 15 is 0 Å². The summed E-state index contributed by atoms with van der Waals surface area (Å²) in [7, 11) is -1.69. The van der Waals surface area contributed by atoms with Crippen molar-refractivity contribution in [2.24, 2.45) is 0 Å². The molecule has 0 saturated carbocycles. The van der Waals surface area contributed by atoms with Crippen molar-refractivity contribution in [2.45, 2.75) is 13.2 Å². The lowest BCUT2D eigenvalue weighted by Gasteiger charge is -2.07. The van der Waals surface area contributed by atoms with Crippen molar-refractivity contribution in [3.05, 3.63) is 64.4 Å². The molecule has 0 aliphatic rings. The van der Waals surface area contributed by atoms with Crippen molar-refractivity contribution in [1.82, 2.24) is 0 Å². The van der Waals surface area contributed by atoms with Crippen molar-refractivity contribution < 1.29 is 19.2 Å². The number of halogens is 2. The summed E-state index contributed by atoms with van der Waals surface area (Å²) in [5.41, 5.74) is 1.60. The van der Waals surface area contributed by atoms with Crippen LogP contribution in [0.5, 0.6) is 0 Å². The highest BCUT2D eigenvalue weighted by molar-refractivity contribution is 6.58. The van der Waals surface area contributed by atoms with Crippen LogP contribution in [0.15, 0.2) is 42.5 Å². The standard InChI is InChI=1S/C14H13BClFO3/c16-13-3-1-10(2-4-13)8-20-9-11-5-12(15(18)19)7-14(17)6-11/h1-7,18-19H,8-9H2. The molecule has 0 aliphatic carbocycles. The van der Waals surface area contributed by atoms with E-state index < -0.39 is 12.9 Å². The van der Waals surface area contributed by atoms with Gasteiger partial charge in [-0.1, -0.05) is 29.8 Å². The molecule has 0 heterocycles. The first-order chi connectivity index (χ1) is 9.54. The van der Waals surface area contributed by atoms with E-state index in [2.05, 4.69) is 0 Å². The third kappa shape index (κ3) is 4.32. The van der Waals surface area contributed by atoms with Gasteiger partial charge in [0.05, 0.1) is 13.2 Å².